The predicted molar refractivity (Wildman–Crippen MR) is 200 cm³/mol. The molecule has 8 atom stereocenters. The molecule has 0 amide bonds. The molecule has 0 radical (unpaired) electrons. The van der Waals surface area contributed by atoms with Crippen LogP contribution in [0, 0.1) is 71.5 Å². The molecule has 4 unspecified atom stereocenters. The van der Waals surface area contributed by atoms with Crippen LogP contribution in [0.3, 0.4) is 0 Å². The van der Waals surface area contributed by atoms with Crippen LogP contribution in [0.2, 0.25) is 0 Å². The van der Waals surface area contributed by atoms with E-state index in [2.05, 4.69) is 70.7 Å². The topological polar surface area (TPSA) is 256 Å². The van der Waals surface area contributed by atoms with E-state index in [0.29, 0.717) is 6.42 Å². The van der Waals surface area contributed by atoms with Gasteiger partial charge in [0.2, 0.25) is 0 Å². The molecule has 18 heteroatoms. The standard InChI is InChI=1S/C38H50O16P2/c1-3-5-7-9-11-13-15-16-17-19-21-23-25-27-32(40)52-30(28-50-31(39)26-24-22-20-18-14-12-10-8-6-4-2)29-51-56(48,49)54-38-35(43)33(41)34(42)37(36(38)44)53-55(45,46)47/h2,30,33-38,41-44H,3,5,7,9,11,13,15-17,19,21,23,25,27-29H2,1H3,(H,48,49)(H2,45,46,47)/t30-,33+,34?,35?,36-,37-,38?/m1/s1. The number of esters is 2. The van der Waals surface area contributed by atoms with Crippen molar-refractivity contribution in [3.63, 3.8) is 0 Å². The van der Waals surface area contributed by atoms with Crippen molar-refractivity contribution in [1.82, 2.24) is 0 Å². The maximum atomic E-state index is 12.8. The van der Waals surface area contributed by atoms with Gasteiger partial charge in [0.15, 0.2) is 6.10 Å². The highest BCUT2D eigenvalue weighted by Crippen LogP contribution is 2.49. The summed E-state index contributed by atoms with van der Waals surface area (Å²) in [7, 11) is -10.8. The lowest BCUT2D eigenvalue weighted by Crippen LogP contribution is -2.64. The van der Waals surface area contributed by atoms with Crippen LogP contribution in [0.4, 0.5) is 0 Å². The first kappa shape index (κ1) is 50.4. The summed E-state index contributed by atoms with van der Waals surface area (Å²) in [6.07, 6.45) is 3.86. The summed E-state index contributed by atoms with van der Waals surface area (Å²) >= 11 is 0. The van der Waals surface area contributed by atoms with E-state index < -0.39 is 83.5 Å². The number of carbonyl (C=O) groups excluding carboxylic acids is 2. The zero-order chi connectivity index (χ0) is 41.8. The van der Waals surface area contributed by atoms with E-state index in [1.54, 1.807) is 0 Å². The smallest absolute Gasteiger partial charge is 0.456 e. The Hall–Kier alpha value is -3.64. The third-order valence-electron chi connectivity index (χ3n) is 7.90. The van der Waals surface area contributed by atoms with Gasteiger partial charge < -0.3 is 44.6 Å². The lowest BCUT2D eigenvalue weighted by Gasteiger charge is -2.43. The van der Waals surface area contributed by atoms with Gasteiger partial charge in [-0.2, -0.15) is 0 Å². The second-order valence-corrected chi connectivity index (χ2v) is 15.1. The molecule has 1 fully saturated rings. The fraction of sp³-hybridized carbons (Fsp3) is 0.632. The van der Waals surface area contributed by atoms with Gasteiger partial charge in [-0.1, -0.05) is 84.0 Å². The Morgan fingerprint density at radius 3 is 1.59 bits per heavy atom. The Labute approximate surface area is 328 Å². The minimum atomic E-state index is -5.39. The molecule has 0 bridgehead atoms. The van der Waals surface area contributed by atoms with E-state index in [4.69, 9.17) is 34.7 Å². The van der Waals surface area contributed by atoms with Gasteiger partial charge in [0.05, 0.1) is 6.61 Å². The SMILES string of the molecule is C#CC#CC#CC#CC#CC#CC(=O)OC[C@H](COP(=O)(O)OC1C(O)[C@@H](O)C(O)[C@@H](OP(=O)(O)O)[C@H]1O)OC(=O)CCCCCCCCCCCCCCC. The zero-order valence-electron chi connectivity index (χ0n) is 31.1. The lowest BCUT2D eigenvalue weighted by atomic mass is 9.85. The van der Waals surface area contributed by atoms with E-state index in [1.165, 1.54) is 44.9 Å². The first-order valence-corrected chi connectivity index (χ1v) is 21.1. The Balaban J connectivity index is 2.82. The van der Waals surface area contributed by atoms with Gasteiger partial charge in [-0.25, -0.2) is 13.9 Å². The fourth-order valence-electron chi connectivity index (χ4n) is 5.14. The second-order valence-electron chi connectivity index (χ2n) is 12.5. The first-order chi connectivity index (χ1) is 26.6. The van der Waals surface area contributed by atoms with E-state index in [0.717, 1.165) is 32.1 Å². The highest BCUT2D eigenvalue weighted by Gasteiger charge is 2.54. The van der Waals surface area contributed by atoms with Crippen LogP contribution in [0.25, 0.3) is 0 Å². The van der Waals surface area contributed by atoms with Crippen LogP contribution >= 0.6 is 15.6 Å². The maximum absolute atomic E-state index is 12.8. The van der Waals surface area contributed by atoms with Crippen molar-refractivity contribution >= 4 is 27.6 Å². The molecule has 1 aliphatic rings. The molecular formula is C38H50O16P2. The number of phosphoric acid groups is 2. The molecule has 0 aromatic heterocycles. The van der Waals surface area contributed by atoms with E-state index in [1.807, 2.05) is 5.92 Å². The Morgan fingerprint density at radius 2 is 1.09 bits per heavy atom. The zero-order valence-corrected chi connectivity index (χ0v) is 32.9. The van der Waals surface area contributed by atoms with Crippen molar-refractivity contribution < 1.29 is 76.9 Å². The number of hydrogen-bond donors (Lipinski definition) is 7. The number of terminal acetylenes is 1. The minimum Gasteiger partial charge on any atom is -0.456 e. The molecule has 0 aliphatic heterocycles. The summed E-state index contributed by atoms with van der Waals surface area (Å²) in [6, 6.07) is 0. The fourth-order valence-corrected chi connectivity index (χ4v) is 6.68. The summed E-state index contributed by atoms with van der Waals surface area (Å²) in [5.74, 6) is 23.0. The van der Waals surface area contributed by atoms with Crippen LogP contribution in [0.15, 0.2) is 0 Å². The molecule has 1 rings (SSSR count). The van der Waals surface area contributed by atoms with E-state index >= 15 is 0 Å². The monoisotopic (exact) mass is 824 g/mol. The highest BCUT2D eigenvalue weighted by atomic mass is 31.2. The van der Waals surface area contributed by atoms with Crippen LogP contribution in [0.5, 0.6) is 0 Å². The molecule has 0 aromatic carbocycles. The summed E-state index contributed by atoms with van der Waals surface area (Å²) in [6.45, 7) is 0.517. The normalized spacial score (nSPS) is 21.5. The van der Waals surface area contributed by atoms with Gasteiger partial charge >= 0.3 is 27.6 Å². The number of unbranched alkanes of at least 4 members (excludes halogenated alkanes) is 12. The number of hydrogen-bond acceptors (Lipinski definition) is 13. The summed E-state index contributed by atoms with van der Waals surface area (Å²) in [4.78, 5) is 53.4. The summed E-state index contributed by atoms with van der Waals surface area (Å²) in [5, 5.41) is 40.9. The van der Waals surface area contributed by atoms with Gasteiger partial charge in [-0.3, -0.25) is 18.4 Å². The van der Waals surface area contributed by atoms with Gasteiger partial charge in [0.1, 0.15) is 43.2 Å². The van der Waals surface area contributed by atoms with Gasteiger partial charge in [-0.15, -0.1) is 6.42 Å². The first-order valence-electron chi connectivity index (χ1n) is 18.1. The lowest BCUT2D eigenvalue weighted by molar-refractivity contribution is -0.216. The highest BCUT2D eigenvalue weighted by molar-refractivity contribution is 7.47. The van der Waals surface area contributed by atoms with Crippen LogP contribution in [0.1, 0.15) is 96.8 Å². The summed E-state index contributed by atoms with van der Waals surface area (Å²) < 4.78 is 48.4. The Morgan fingerprint density at radius 1 is 0.625 bits per heavy atom. The predicted octanol–water partition coefficient (Wildman–Crippen LogP) is 2.01. The molecule has 56 heavy (non-hydrogen) atoms. The van der Waals surface area contributed by atoms with Crippen molar-refractivity contribution in [1.29, 1.82) is 0 Å². The minimum absolute atomic E-state index is 0.0333. The van der Waals surface area contributed by atoms with Crippen molar-refractivity contribution in [2.24, 2.45) is 0 Å². The molecule has 16 nitrogen and oxygen atoms in total. The maximum Gasteiger partial charge on any atom is 0.472 e. The number of rotatable bonds is 24. The van der Waals surface area contributed by atoms with Gasteiger partial charge in [0, 0.05) is 12.3 Å². The second kappa shape index (κ2) is 28.7. The average Bonchev–Trinajstić information content (AvgIpc) is 3.14. The molecular weight excluding hydrogens is 774 g/mol. The van der Waals surface area contributed by atoms with E-state index in [-0.39, 0.29) is 6.42 Å². The van der Waals surface area contributed by atoms with Crippen molar-refractivity contribution in [2.45, 2.75) is 140 Å². The molecule has 0 aromatic rings. The van der Waals surface area contributed by atoms with Crippen molar-refractivity contribution in [2.75, 3.05) is 13.2 Å². The molecule has 0 saturated heterocycles. The van der Waals surface area contributed by atoms with Crippen LogP contribution in [-0.4, -0.2) is 103 Å². The number of phosphoric ester groups is 2. The van der Waals surface area contributed by atoms with Crippen molar-refractivity contribution in [3.05, 3.63) is 0 Å². The largest absolute Gasteiger partial charge is 0.472 e. The quantitative estimate of drug-likeness (QED) is 0.0242. The average molecular weight is 825 g/mol. The van der Waals surface area contributed by atoms with Gasteiger partial charge in [-0.05, 0) is 65.6 Å². The van der Waals surface area contributed by atoms with Gasteiger partial charge in [0.25, 0.3) is 0 Å². The third kappa shape index (κ3) is 23.4. The molecule has 0 spiro atoms. The molecule has 308 valence electrons. The number of ether oxygens (including phenoxy) is 2. The molecule has 1 aliphatic carbocycles. The van der Waals surface area contributed by atoms with Crippen LogP contribution < -0.4 is 0 Å². The van der Waals surface area contributed by atoms with Crippen molar-refractivity contribution in [3.8, 4) is 71.5 Å². The number of aliphatic hydroxyl groups excluding tert-OH is 4. The van der Waals surface area contributed by atoms with E-state index in [9.17, 15) is 44.0 Å². The van der Waals surface area contributed by atoms with Crippen LogP contribution in [-0.2, 0) is 41.8 Å². The molecule has 7 N–H and O–H groups in total. The molecule has 0 heterocycles. The molecule has 1 saturated carbocycles. The number of carbonyl (C=O) groups is 2. The Kier molecular flexibility index (Phi) is 25.8. The third-order valence-corrected chi connectivity index (χ3v) is 9.41. The number of aliphatic hydroxyl groups is 4. The Bertz CT molecular complexity index is 1690. The summed E-state index contributed by atoms with van der Waals surface area (Å²) in [5.41, 5.74) is 0.